The van der Waals surface area contributed by atoms with Crippen molar-refractivity contribution < 1.29 is 9.53 Å². The van der Waals surface area contributed by atoms with Crippen molar-refractivity contribution in [1.29, 1.82) is 0 Å². The highest BCUT2D eigenvalue weighted by Gasteiger charge is 2.23. The van der Waals surface area contributed by atoms with E-state index in [0.717, 1.165) is 18.6 Å². The summed E-state index contributed by atoms with van der Waals surface area (Å²) in [5, 5.41) is 0. The monoisotopic (exact) mass is 277 g/mol. The number of carbonyl (C=O) groups excluding carboxylic acids is 1. The fourth-order valence-electron chi connectivity index (χ4n) is 1.78. The number of hydrogen-bond acceptors (Lipinski definition) is 3. The summed E-state index contributed by atoms with van der Waals surface area (Å²) < 4.78 is 5.65. The Hall–Kier alpha value is -1.38. The Morgan fingerprint density at radius 3 is 2.25 bits per heavy atom. The summed E-state index contributed by atoms with van der Waals surface area (Å²) in [5.41, 5.74) is 0.437. The number of ether oxygens (including phenoxy) is 1. The summed E-state index contributed by atoms with van der Waals surface area (Å²) in [6.07, 6.45) is 3.78. The molecule has 112 valence electrons. The Morgan fingerprint density at radius 2 is 1.80 bits per heavy atom. The number of hydrogen-bond donors (Lipinski definition) is 0. The van der Waals surface area contributed by atoms with Crippen molar-refractivity contribution in [3.8, 4) is 5.75 Å². The second-order valence-corrected chi connectivity index (χ2v) is 7.47. The van der Waals surface area contributed by atoms with Gasteiger partial charge in [0, 0.05) is 5.41 Å². The van der Waals surface area contributed by atoms with Gasteiger partial charge in [0.25, 0.3) is 0 Å². The standard InChI is InChI=1S/C17H27NO2/c1-16(2,3)10-7-11-20-13-8-9-14(18-12-13)15(19)17(4,5)6/h8-9,12H,7,10-11H2,1-6H3. The molecule has 0 amide bonds. The second-order valence-electron chi connectivity index (χ2n) is 7.47. The normalized spacial score (nSPS) is 12.3. The van der Waals surface area contributed by atoms with Gasteiger partial charge in [-0.05, 0) is 30.4 Å². The fraction of sp³-hybridized carbons (Fsp3) is 0.647. The van der Waals surface area contributed by atoms with Crippen molar-refractivity contribution in [3.05, 3.63) is 24.0 Å². The van der Waals surface area contributed by atoms with Gasteiger partial charge in [-0.3, -0.25) is 4.79 Å². The van der Waals surface area contributed by atoms with E-state index in [1.165, 1.54) is 0 Å². The Kier molecular flexibility index (Phi) is 5.32. The van der Waals surface area contributed by atoms with E-state index >= 15 is 0 Å². The van der Waals surface area contributed by atoms with E-state index in [0.29, 0.717) is 17.7 Å². The van der Waals surface area contributed by atoms with Crippen molar-refractivity contribution in [3.63, 3.8) is 0 Å². The molecule has 20 heavy (non-hydrogen) atoms. The smallest absolute Gasteiger partial charge is 0.186 e. The van der Waals surface area contributed by atoms with Gasteiger partial charge in [0.2, 0.25) is 0 Å². The maximum atomic E-state index is 12.0. The molecule has 0 aliphatic rings. The fourth-order valence-corrected chi connectivity index (χ4v) is 1.78. The van der Waals surface area contributed by atoms with Gasteiger partial charge in [0.05, 0.1) is 12.8 Å². The van der Waals surface area contributed by atoms with Gasteiger partial charge in [-0.2, -0.15) is 0 Å². The molecule has 3 heteroatoms. The summed E-state index contributed by atoms with van der Waals surface area (Å²) in [4.78, 5) is 16.2. The number of carbonyl (C=O) groups is 1. The summed E-state index contributed by atoms with van der Waals surface area (Å²) in [5.74, 6) is 0.779. The minimum atomic E-state index is -0.401. The van der Waals surface area contributed by atoms with E-state index in [4.69, 9.17) is 4.74 Å². The number of pyridine rings is 1. The van der Waals surface area contributed by atoms with Crippen LogP contribution in [0, 0.1) is 10.8 Å². The molecule has 1 aromatic rings. The first kappa shape index (κ1) is 16.7. The molecule has 0 saturated carbocycles. The van der Waals surface area contributed by atoms with Crippen LogP contribution in [0.5, 0.6) is 5.75 Å². The quantitative estimate of drug-likeness (QED) is 0.587. The van der Waals surface area contributed by atoms with Crippen LogP contribution in [0.25, 0.3) is 0 Å². The van der Waals surface area contributed by atoms with Crippen molar-refractivity contribution in [2.75, 3.05) is 6.61 Å². The number of rotatable bonds is 5. The van der Waals surface area contributed by atoms with Crippen LogP contribution in [0.1, 0.15) is 64.9 Å². The molecule has 0 aliphatic heterocycles. The van der Waals surface area contributed by atoms with Crippen LogP contribution in [-0.4, -0.2) is 17.4 Å². The molecule has 0 saturated heterocycles. The molecule has 1 aromatic heterocycles. The number of ketones is 1. The molecule has 0 aromatic carbocycles. The van der Waals surface area contributed by atoms with E-state index in [1.807, 2.05) is 26.8 Å². The van der Waals surface area contributed by atoms with Crippen molar-refractivity contribution >= 4 is 5.78 Å². The Bertz CT molecular complexity index is 436. The largest absolute Gasteiger partial charge is 0.492 e. The van der Waals surface area contributed by atoms with E-state index in [9.17, 15) is 4.79 Å². The zero-order valence-corrected chi connectivity index (χ0v) is 13.6. The van der Waals surface area contributed by atoms with E-state index in [1.54, 1.807) is 12.3 Å². The van der Waals surface area contributed by atoms with Gasteiger partial charge in [-0.1, -0.05) is 41.5 Å². The molecular formula is C17H27NO2. The lowest BCUT2D eigenvalue weighted by Gasteiger charge is -2.18. The first-order chi connectivity index (χ1) is 9.09. The predicted molar refractivity (Wildman–Crippen MR) is 82.2 cm³/mol. The average molecular weight is 277 g/mol. The van der Waals surface area contributed by atoms with Crippen molar-refractivity contribution in [2.45, 2.75) is 54.4 Å². The molecular weight excluding hydrogens is 250 g/mol. The third-order valence-electron chi connectivity index (χ3n) is 2.99. The first-order valence-electron chi connectivity index (χ1n) is 7.23. The highest BCUT2D eigenvalue weighted by molar-refractivity contribution is 5.98. The number of nitrogens with zero attached hydrogens (tertiary/aromatic N) is 1. The lowest BCUT2D eigenvalue weighted by atomic mass is 9.89. The summed E-state index contributed by atoms with van der Waals surface area (Å²) in [6, 6.07) is 3.57. The molecule has 0 bridgehead atoms. The third-order valence-corrected chi connectivity index (χ3v) is 2.99. The SMILES string of the molecule is CC(C)(C)CCCOc1ccc(C(=O)C(C)(C)C)nc1. The molecule has 0 N–H and O–H groups in total. The van der Waals surface area contributed by atoms with Crippen molar-refractivity contribution in [2.24, 2.45) is 10.8 Å². The highest BCUT2D eigenvalue weighted by Crippen LogP contribution is 2.22. The Balaban J connectivity index is 2.49. The minimum absolute atomic E-state index is 0.0526. The molecule has 0 atom stereocenters. The second kappa shape index (κ2) is 6.38. The van der Waals surface area contributed by atoms with Gasteiger partial charge in [-0.15, -0.1) is 0 Å². The molecule has 0 fully saturated rings. The minimum Gasteiger partial charge on any atom is -0.492 e. The molecule has 3 nitrogen and oxygen atoms in total. The van der Waals surface area contributed by atoms with Gasteiger partial charge < -0.3 is 4.74 Å². The van der Waals surface area contributed by atoms with Gasteiger partial charge in [0.15, 0.2) is 5.78 Å². The zero-order valence-electron chi connectivity index (χ0n) is 13.6. The van der Waals surface area contributed by atoms with Crippen LogP contribution in [0.15, 0.2) is 18.3 Å². The van der Waals surface area contributed by atoms with E-state index in [-0.39, 0.29) is 5.78 Å². The summed E-state index contributed by atoms with van der Waals surface area (Å²) in [7, 11) is 0. The van der Waals surface area contributed by atoms with Gasteiger partial charge in [0.1, 0.15) is 11.4 Å². The van der Waals surface area contributed by atoms with E-state index in [2.05, 4.69) is 25.8 Å². The molecule has 0 unspecified atom stereocenters. The molecule has 0 aliphatic carbocycles. The van der Waals surface area contributed by atoms with Crippen LogP contribution in [0.4, 0.5) is 0 Å². The summed E-state index contributed by atoms with van der Waals surface area (Å²) in [6.45, 7) is 13.0. The van der Waals surface area contributed by atoms with E-state index < -0.39 is 5.41 Å². The molecule has 0 radical (unpaired) electrons. The maximum Gasteiger partial charge on any atom is 0.186 e. The van der Waals surface area contributed by atoms with Gasteiger partial charge >= 0.3 is 0 Å². The average Bonchev–Trinajstić information content (AvgIpc) is 2.32. The van der Waals surface area contributed by atoms with Crippen LogP contribution in [0.2, 0.25) is 0 Å². The lowest BCUT2D eigenvalue weighted by molar-refractivity contribution is 0.0853. The molecule has 1 rings (SSSR count). The summed E-state index contributed by atoms with van der Waals surface area (Å²) >= 11 is 0. The van der Waals surface area contributed by atoms with Crippen molar-refractivity contribution in [1.82, 2.24) is 4.98 Å². The Labute approximate surface area is 122 Å². The lowest BCUT2D eigenvalue weighted by Crippen LogP contribution is -2.21. The van der Waals surface area contributed by atoms with Crippen LogP contribution in [0.3, 0.4) is 0 Å². The number of aromatic nitrogens is 1. The predicted octanol–water partition coefficient (Wildman–Crippen LogP) is 4.52. The third kappa shape index (κ3) is 5.72. The topological polar surface area (TPSA) is 39.2 Å². The van der Waals surface area contributed by atoms with Crippen LogP contribution < -0.4 is 4.74 Å². The zero-order chi connectivity index (χ0) is 15.4. The number of Topliss-reactive ketones (excluding diaryl/α,β-unsaturated/α-hetero) is 1. The first-order valence-corrected chi connectivity index (χ1v) is 7.23. The van der Waals surface area contributed by atoms with Crippen LogP contribution >= 0.6 is 0 Å². The molecule has 0 spiro atoms. The van der Waals surface area contributed by atoms with Crippen LogP contribution in [-0.2, 0) is 0 Å². The highest BCUT2D eigenvalue weighted by atomic mass is 16.5. The molecule has 1 heterocycles. The Morgan fingerprint density at radius 1 is 1.15 bits per heavy atom. The maximum absolute atomic E-state index is 12.0. The van der Waals surface area contributed by atoms with Gasteiger partial charge in [-0.25, -0.2) is 4.98 Å².